The van der Waals surface area contributed by atoms with Crippen LogP contribution in [0.2, 0.25) is 5.04 Å². The molecule has 244 valence electrons. The second-order valence-electron chi connectivity index (χ2n) is 12.1. The number of nitrogen functional groups attached to an aromatic ring is 1. The first kappa shape index (κ1) is 35.1. The second-order valence-corrected chi connectivity index (χ2v) is 16.0. The summed E-state index contributed by atoms with van der Waals surface area (Å²) >= 11 is 0. The molecular weight excluding hydrogens is 611 g/mol. The molecule has 0 unspecified atom stereocenters. The van der Waals surface area contributed by atoms with Gasteiger partial charge in [0.05, 0.1) is 29.8 Å². The molecule has 0 aliphatic carbocycles. The van der Waals surface area contributed by atoms with Crippen molar-refractivity contribution in [2.24, 2.45) is 4.99 Å². The third kappa shape index (κ3) is 8.72. The number of nitrogens with two attached hydrogens (primary N) is 1. The van der Waals surface area contributed by atoms with Crippen molar-refractivity contribution in [1.82, 2.24) is 15.0 Å². The number of aliphatic imine (C=N–C) groups is 1. The van der Waals surface area contributed by atoms with Crippen molar-refractivity contribution >= 4 is 41.5 Å². The first-order valence-electron chi connectivity index (χ1n) is 15.5. The molecule has 0 amide bonds. The lowest BCUT2D eigenvalue weighted by Crippen LogP contribution is -2.65. The van der Waals surface area contributed by atoms with Crippen molar-refractivity contribution in [2.75, 3.05) is 11.1 Å². The van der Waals surface area contributed by atoms with Crippen LogP contribution >= 0.6 is 0 Å². The lowest BCUT2D eigenvalue weighted by Gasteiger charge is -2.42. The SMILES string of the molecule is C\C=C(F)/C=C\C(C)=N\C=C(/C)c1ncc(N)c(N[C@H](CCC(C)(C)[Si](O)(c2ccccc2)c2ccccc2)c2ccc(F)cn2)n1. The first-order valence-corrected chi connectivity index (χ1v) is 17.4. The molecule has 2 heterocycles. The number of pyridine rings is 1. The Morgan fingerprint density at radius 1 is 0.979 bits per heavy atom. The zero-order chi connectivity index (χ0) is 34.0. The summed E-state index contributed by atoms with van der Waals surface area (Å²) in [7, 11) is -3.27. The average molecular weight is 653 g/mol. The predicted molar refractivity (Wildman–Crippen MR) is 191 cm³/mol. The third-order valence-electron chi connectivity index (χ3n) is 8.23. The van der Waals surface area contributed by atoms with E-state index in [0.29, 0.717) is 47.2 Å². The van der Waals surface area contributed by atoms with Gasteiger partial charge in [0, 0.05) is 17.5 Å². The maximum atomic E-state index is 13.9. The standard InChI is InChI=1S/C37H42F2N6OSi/c1-6-28(38)18-17-27(3)41-23-26(2)35-43-25-32(40)36(45-35)44-34(33-20-19-29(39)24-42-33)21-22-37(4,5)47(46,30-13-9-7-10-14-30)31-15-11-8-12-16-31/h6-20,23-25,34,46H,21-22,40H2,1-5H3,(H,43,44,45)/b18-17-,26-23+,28-6+,41-27+/t34-/m1/s1. The molecule has 10 heteroatoms. The molecular formula is C37H42F2N6OSi. The van der Waals surface area contributed by atoms with Crippen molar-refractivity contribution in [3.05, 3.63) is 133 Å². The Morgan fingerprint density at radius 3 is 2.19 bits per heavy atom. The van der Waals surface area contributed by atoms with E-state index in [1.807, 2.05) is 67.6 Å². The number of hydrogen-bond donors (Lipinski definition) is 3. The number of allylic oxidation sites excluding steroid dienone is 5. The van der Waals surface area contributed by atoms with Crippen molar-refractivity contribution in [1.29, 1.82) is 0 Å². The summed E-state index contributed by atoms with van der Waals surface area (Å²) in [6.45, 7) is 9.41. The van der Waals surface area contributed by atoms with E-state index in [-0.39, 0.29) is 5.83 Å². The molecule has 4 N–H and O–H groups in total. The monoisotopic (exact) mass is 652 g/mol. The van der Waals surface area contributed by atoms with E-state index < -0.39 is 25.2 Å². The van der Waals surface area contributed by atoms with Gasteiger partial charge in [0.2, 0.25) is 0 Å². The van der Waals surface area contributed by atoms with E-state index in [9.17, 15) is 13.6 Å². The lowest BCUT2D eigenvalue weighted by atomic mass is 9.99. The van der Waals surface area contributed by atoms with Gasteiger partial charge in [0.25, 0.3) is 8.32 Å². The van der Waals surface area contributed by atoms with E-state index >= 15 is 0 Å². The fourth-order valence-corrected chi connectivity index (χ4v) is 9.09. The molecule has 4 aromatic rings. The molecule has 2 aromatic carbocycles. The molecule has 0 saturated carbocycles. The van der Waals surface area contributed by atoms with Gasteiger partial charge in [-0.25, -0.2) is 18.7 Å². The highest BCUT2D eigenvalue weighted by atomic mass is 28.4. The normalized spacial score (nSPS) is 14.0. The van der Waals surface area contributed by atoms with Crippen LogP contribution in [0.15, 0.2) is 120 Å². The van der Waals surface area contributed by atoms with Gasteiger partial charge in [0.1, 0.15) is 11.6 Å². The van der Waals surface area contributed by atoms with E-state index in [1.54, 1.807) is 32.2 Å². The highest BCUT2D eigenvalue weighted by Gasteiger charge is 2.49. The second kappa shape index (κ2) is 15.7. The number of hydrogen-bond acceptors (Lipinski definition) is 7. The predicted octanol–water partition coefficient (Wildman–Crippen LogP) is 7.31. The summed E-state index contributed by atoms with van der Waals surface area (Å²) in [6, 6.07) is 22.3. The number of aromatic nitrogens is 3. The summed E-state index contributed by atoms with van der Waals surface area (Å²) in [5.41, 5.74) is 8.57. The number of anilines is 2. The van der Waals surface area contributed by atoms with E-state index in [4.69, 9.17) is 10.7 Å². The molecule has 0 bridgehead atoms. The van der Waals surface area contributed by atoms with Crippen LogP contribution in [0.4, 0.5) is 20.3 Å². The first-order chi connectivity index (χ1) is 22.4. The van der Waals surface area contributed by atoms with Crippen LogP contribution < -0.4 is 21.4 Å². The number of benzene rings is 2. The largest absolute Gasteiger partial charge is 0.424 e. The smallest absolute Gasteiger partial charge is 0.258 e. The maximum absolute atomic E-state index is 13.9. The van der Waals surface area contributed by atoms with Crippen LogP contribution in [-0.2, 0) is 0 Å². The summed E-state index contributed by atoms with van der Waals surface area (Å²) < 4.78 is 27.4. The van der Waals surface area contributed by atoms with E-state index in [1.165, 1.54) is 30.6 Å². The maximum Gasteiger partial charge on any atom is 0.258 e. The molecule has 0 aliphatic heterocycles. The Balaban J connectivity index is 1.65. The average Bonchev–Trinajstić information content (AvgIpc) is 3.09. The van der Waals surface area contributed by atoms with Crippen LogP contribution in [0.5, 0.6) is 0 Å². The van der Waals surface area contributed by atoms with Crippen LogP contribution in [0, 0.1) is 5.82 Å². The molecule has 0 saturated heterocycles. The van der Waals surface area contributed by atoms with Crippen molar-refractivity contribution < 1.29 is 13.6 Å². The number of halogens is 2. The van der Waals surface area contributed by atoms with Crippen LogP contribution in [0.25, 0.3) is 5.57 Å². The molecule has 0 radical (unpaired) electrons. The Hall–Kier alpha value is -4.80. The number of nitrogens with zero attached hydrogens (tertiary/aromatic N) is 4. The topological polar surface area (TPSA) is 109 Å². The van der Waals surface area contributed by atoms with E-state index in [0.717, 1.165) is 10.4 Å². The Morgan fingerprint density at radius 2 is 1.62 bits per heavy atom. The van der Waals surface area contributed by atoms with Gasteiger partial charge in [0.15, 0.2) is 11.6 Å². The summed E-state index contributed by atoms with van der Waals surface area (Å²) in [6.07, 6.45) is 9.75. The Labute approximate surface area is 276 Å². The van der Waals surface area contributed by atoms with Gasteiger partial charge in [-0.2, -0.15) is 0 Å². The zero-order valence-corrected chi connectivity index (χ0v) is 28.5. The van der Waals surface area contributed by atoms with Gasteiger partial charge in [-0.1, -0.05) is 80.6 Å². The molecule has 47 heavy (non-hydrogen) atoms. The third-order valence-corrected chi connectivity index (χ3v) is 12.8. The fraction of sp³-hybridized carbons (Fsp3) is 0.243. The van der Waals surface area contributed by atoms with Crippen molar-refractivity contribution in [3.8, 4) is 0 Å². The molecule has 1 atom stereocenters. The lowest BCUT2D eigenvalue weighted by molar-refractivity contribution is 0.444. The van der Waals surface area contributed by atoms with Gasteiger partial charge in [-0.15, -0.1) is 0 Å². The highest BCUT2D eigenvalue weighted by molar-refractivity contribution is 6.98. The summed E-state index contributed by atoms with van der Waals surface area (Å²) in [5.74, 6) is 0.0130. The summed E-state index contributed by atoms with van der Waals surface area (Å²) in [4.78, 5) is 30.5. The Kier molecular flexibility index (Phi) is 11.7. The Bertz CT molecular complexity index is 1720. The van der Waals surface area contributed by atoms with Crippen LogP contribution in [0.3, 0.4) is 0 Å². The summed E-state index contributed by atoms with van der Waals surface area (Å²) in [5, 5.41) is 4.75. The minimum Gasteiger partial charge on any atom is -0.424 e. The fourth-order valence-electron chi connectivity index (χ4n) is 5.34. The van der Waals surface area contributed by atoms with Crippen molar-refractivity contribution in [2.45, 2.75) is 58.5 Å². The molecule has 7 nitrogen and oxygen atoms in total. The molecule has 0 spiro atoms. The van der Waals surface area contributed by atoms with Gasteiger partial charge >= 0.3 is 0 Å². The minimum absolute atomic E-state index is 0.330. The molecule has 0 fully saturated rings. The van der Waals surface area contributed by atoms with E-state index in [2.05, 4.69) is 34.1 Å². The molecule has 2 aromatic heterocycles. The minimum atomic E-state index is -3.27. The van der Waals surface area contributed by atoms with Gasteiger partial charge in [-0.05, 0) is 73.3 Å². The molecule has 0 aliphatic rings. The number of nitrogens with one attached hydrogen (secondary N) is 1. The van der Waals surface area contributed by atoms with Crippen molar-refractivity contribution in [3.63, 3.8) is 0 Å². The van der Waals surface area contributed by atoms with Crippen LogP contribution in [0.1, 0.15) is 65.0 Å². The van der Waals surface area contributed by atoms with Gasteiger partial charge in [-0.3, -0.25) is 9.98 Å². The van der Waals surface area contributed by atoms with Crippen LogP contribution in [-0.4, -0.2) is 33.8 Å². The zero-order valence-electron chi connectivity index (χ0n) is 27.5. The number of rotatable bonds is 13. The quantitative estimate of drug-likeness (QED) is 0.0794. The highest BCUT2D eigenvalue weighted by Crippen LogP contribution is 2.42. The van der Waals surface area contributed by atoms with Gasteiger partial charge < -0.3 is 15.8 Å². The molecule has 4 rings (SSSR count).